The molecule has 3 aromatic carbocycles. The van der Waals surface area contributed by atoms with Crippen LogP contribution < -0.4 is 5.32 Å². The van der Waals surface area contributed by atoms with Gasteiger partial charge in [0.1, 0.15) is 22.6 Å². The zero-order valence-corrected chi connectivity index (χ0v) is 22.4. The summed E-state index contributed by atoms with van der Waals surface area (Å²) in [5, 5.41) is 11.6. The molecule has 0 radical (unpaired) electrons. The predicted molar refractivity (Wildman–Crippen MR) is 146 cm³/mol. The van der Waals surface area contributed by atoms with Gasteiger partial charge in [-0.3, -0.25) is 4.79 Å². The molecule has 0 bridgehead atoms. The van der Waals surface area contributed by atoms with Crippen LogP contribution in [0.3, 0.4) is 0 Å². The average molecular weight is 558 g/mol. The maximum absolute atomic E-state index is 14.5. The topological polar surface area (TPSA) is 112 Å². The van der Waals surface area contributed by atoms with Crippen molar-refractivity contribution < 1.29 is 22.0 Å². The highest BCUT2D eigenvalue weighted by atomic mass is 32.2. The smallest absolute Gasteiger partial charge is 0.268 e. The number of aromatic nitrogens is 4. The number of amides is 1. The first-order valence-electron chi connectivity index (χ1n) is 12.5. The van der Waals surface area contributed by atoms with E-state index in [9.17, 15) is 17.6 Å². The monoisotopic (exact) mass is 557 g/mol. The largest absolute Gasteiger partial charge is 0.464 e. The second-order valence-electron chi connectivity index (χ2n) is 9.47. The van der Waals surface area contributed by atoms with Crippen LogP contribution in [-0.2, 0) is 30.0 Å². The van der Waals surface area contributed by atoms with Crippen LogP contribution in [0, 0.1) is 12.7 Å². The third kappa shape index (κ3) is 4.34. The molecule has 0 fully saturated rings. The second-order valence-corrected chi connectivity index (χ2v) is 11.4. The van der Waals surface area contributed by atoms with Gasteiger partial charge in [-0.2, -0.15) is 0 Å². The lowest BCUT2D eigenvalue weighted by molar-refractivity contribution is 0.0942. The van der Waals surface area contributed by atoms with Gasteiger partial charge < -0.3 is 14.3 Å². The van der Waals surface area contributed by atoms with Crippen molar-refractivity contribution >= 4 is 37.7 Å². The van der Waals surface area contributed by atoms with E-state index in [4.69, 9.17) is 4.42 Å². The van der Waals surface area contributed by atoms with Gasteiger partial charge in [0.05, 0.1) is 28.1 Å². The minimum absolute atomic E-state index is 0.00435. The summed E-state index contributed by atoms with van der Waals surface area (Å²) < 4.78 is 50.5. The molecular weight excluding hydrogens is 533 g/mol. The maximum atomic E-state index is 14.5. The number of fused-ring (bicyclic) bond motifs is 2. The van der Waals surface area contributed by atoms with Gasteiger partial charge in [0.15, 0.2) is 0 Å². The van der Waals surface area contributed by atoms with Crippen molar-refractivity contribution in [1.29, 1.82) is 0 Å². The molecule has 9 nitrogen and oxygen atoms in total. The van der Waals surface area contributed by atoms with Gasteiger partial charge in [0.2, 0.25) is 9.84 Å². The van der Waals surface area contributed by atoms with Crippen molar-refractivity contribution in [2.24, 2.45) is 7.05 Å². The Balaban J connectivity index is 1.30. The van der Waals surface area contributed by atoms with Crippen molar-refractivity contribution in [3.05, 3.63) is 107 Å². The zero-order chi connectivity index (χ0) is 28.0. The zero-order valence-electron chi connectivity index (χ0n) is 21.6. The van der Waals surface area contributed by atoms with Crippen molar-refractivity contribution in [1.82, 2.24) is 24.9 Å². The minimum Gasteiger partial charge on any atom is -0.464 e. The molecule has 0 aliphatic rings. The quantitative estimate of drug-likeness (QED) is 0.303. The number of nitrogens with zero attached hydrogens (tertiary/aromatic N) is 4. The highest BCUT2D eigenvalue weighted by Gasteiger charge is 2.27. The highest BCUT2D eigenvalue weighted by Crippen LogP contribution is 2.29. The first-order chi connectivity index (χ1) is 19.2. The third-order valence-electron chi connectivity index (χ3n) is 7.10. The Morgan fingerprint density at radius 2 is 1.85 bits per heavy atom. The van der Waals surface area contributed by atoms with Crippen LogP contribution >= 0.6 is 0 Å². The van der Waals surface area contributed by atoms with Crippen LogP contribution in [-0.4, -0.2) is 33.9 Å². The van der Waals surface area contributed by atoms with Crippen LogP contribution in [0.1, 0.15) is 27.3 Å². The van der Waals surface area contributed by atoms with E-state index in [0.29, 0.717) is 34.2 Å². The summed E-state index contributed by atoms with van der Waals surface area (Å²) in [4.78, 5) is 13.2. The average Bonchev–Trinajstić information content (AvgIpc) is 3.67. The Morgan fingerprint density at radius 3 is 2.65 bits per heavy atom. The lowest BCUT2D eigenvalue weighted by Gasteiger charge is -2.09. The van der Waals surface area contributed by atoms with E-state index < -0.39 is 21.6 Å². The number of nitrogens with one attached hydrogen (secondary N) is 1. The molecule has 3 heterocycles. The fraction of sp³-hybridized carbons (Fsp3) is 0.138. The summed E-state index contributed by atoms with van der Waals surface area (Å²) in [6.45, 7) is 1.97. The van der Waals surface area contributed by atoms with Gasteiger partial charge >= 0.3 is 0 Å². The van der Waals surface area contributed by atoms with Gasteiger partial charge in [-0.15, -0.1) is 5.10 Å². The fourth-order valence-corrected chi connectivity index (χ4v) is 6.35. The third-order valence-corrected chi connectivity index (χ3v) is 8.96. The molecule has 11 heteroatoms. The Kier molecular flexibility index (Phi) is 6.22. The summed E-state index contributed by atoms with van der Waals surface area (Å²) in [5.41, 5.74) is 3.46. The van der Waals surface area contributed by atoms with Gasteiger partial charge in [-0.25, -0.2) is 17.5 Å². The molecule has 1 N–H and O–H groups in total. The number of sulfone groups is 1. The second kappa shape index (κ2) is 9.76. The molecule has 202 valence electrons. The number of furan rings is 1. The van der Waals surface area contributed by atoms with E-state index in [1.54, 1.807) is 36.9 Å². The number of rotatable bonds is 7. The molecule has 0 aliphatic carbocycles. The van der Waals surface area contributed by atoms with Crippen molar-refractivity contribution in [3.63, 3.8) is 0 Å². The molecule has 3 aromatic heterocycles. The van der Waals surface area contributed by atoms with Crippen LogP contribution in [0.25, 0.3) is 22.0 Å². The van der Waals surface area contributed by atoms with E-state index in [0.717, 1.165) is 5.56 Å². The summed E-state index contributed by atoms with van der Waals surface area (Å²) in [6.07, 6.45) is 1.45. The number of carbonyl (C=O) groups excluding carboxylic acids is 1. The molecule has 0 unspecified atom stereocenters. The lowest BCUT2D eigenvalue weighted by Crippen LogP contribution is -2.25. The molecule has 0 aliphatic heterocycles. The molecule has 0 saturated carbocycles. The molecule has 0 saturated heterocycles. The maximum Gasteiger partial charge on any atom is 0.268 e. The summed E-state index contributed by atoms with van der Waals surface area (Å²) in [5.74, 6) is -1.01. The molecule has 0 atom stereocenters. The van der Waals surface area contributed by atoms with E-state index in [-0.39, 0.29) is 27.6 Å². The Labute approximate surface area is 228 Å². The normalized spacial score (nSPS) is 11.9. The van der Waals surface area contributed by atoms with Crippen molar-refractivity contribution in [3.8, 4) is 0 Å². The van der Waals surface area contributed by atoms with E-state index in [1.807, 2.05) is 30.3 Å². The highest BCUT2D eigenvalue weighted by molar-refractivity contribution is 7.91. The number of hydrogen-bond acceptors (Lipinski definition) is 6. The standard InChI is InChI=1S/C29H24FN5O4S/c1-18-28(15-26(34(18)2)29(36)31-16-22-21-12-13-39-27(21)11-9-23(22)30)40(37,38)20-8-10-24-25(14-20)35(33-32-24)17-19-6-4-3-5-7-19/h3-15H,16-17H2,1-2H3,(H,31,36). The summed E-state index contributed by atoms with van der Waals surface area (Å²) >= 11 is 0. The molecule has 40 heavy (non-hydrogen) atoms. The molecule has 1 amide bonds. The van der Waals surface area contributed by atoms with Crippen LogP contribution in [0.4, 0.5) is 4.39 Å². The van der Waals surface area contributed by atoms with Crippen molar-refractivity contribution in [2.75, 3.05) is 0 Å². The van der Waals surface area contributed by atoms with Crippen LogP contribution in [0.2, 0.25) is 0 Å². The van der Waals surface area contributed by atoms with Gasteiger partial charge in [0.25, 0.3) is 5.91 Å². The lowest BCUT2D eigenvalue weighted by atomic mass is 10.1. The molecule has 0 spiro atoms. The first-order valence-corrected chi connectivity index (χ1v) is 13.9. The molecule has 6 aromatic rings. The minimum atomic E-state index is -4.00. The number of benzene rings is 3. The summed E-state index contributed by atoms with van der Waals surface area (Å²) in [7, 11) is -2.39. The van der Waals surface area contributed by atoms with E-state index >= 15 is 0 Å². The molecular formula is C29H24FN5O4S. The SMILES string of the molecule is Cc1c(S(=O)(=O)c2ccc3nnn(Cc4ccccc4)c3c2)cc(C(=O)NCc2c(F)ccc3occc23)n1C. The van der Waals surface area contributed by atoms with Gasteiger partial charge in [-0.1, -0.05) is 35.5 Å². The number of carbonyl (C=O) groups is 1. The van der Waals surface area contributed by atoms with Gasteiger partial charge in [0, 0.05) is 30.2 Å². The first kappa shape index (κ1) is 25.5. The van der Waals surface area contributed by atoms with Gasteiger partial charge in [-0.05, 0) is 55.0 Å². The van der Waals surface area contributed by atoms with Crippen LogP contribution in [0.5, 0.6) is 0 Å². The Hall–Kier alpha value is -4.77. The van der Waals surface area contributed by atoms with E-state index in [1.165, 1.54) is 35.1 Å². The predicted octanol–water partition coefficient (Wildman–Crippen LogP) is 4.77. The van der Waals surface area contributed by atoms with Crippen LogP contribution in [0.15, 0.2) is 93.3 Å². The Bertz CT molecular complexity index is 2010. The van der Waals surface area contributed by atoms with E-state index in [2.05, 4.69) is 15.6 Å². The number of halogens is 1. The summed E-state index contributed by atoms with van der Waals surface area (Å²) in [6, 6.07) is 20.1. The number of hydrogen-bond donors (Lipinski definition) is 1. The molecule has 6 rings (SSSR count). The van der Waals surface area contributed by atoms with Crippen molar-refractivity contribution in [2.45, 2.75) is 29.8 Å². The fourth-order valence-electron chi connectivity index (χ4n) is 4.79. The Morgan fingerprint density at radius 1 is 1.05 bits per heavy atom.